The Morgan fingerprint density at radius 1 is 0.162 bits per heavy atom. The fourth-order valence-corrected chi connectivity index (χ4v) is 27.1. The van der Waals surface area contributed by atoms with Crippen LogP contribution in [0.25, 0.3) is 279 Å². The predicted molar refractivity (Wildman–Crippen MR) is 606 cm³/mol. The van der Waals surface area contributed by atoms with Gasteiger partial charge in [0.1, 0.15) is 33.5 Å². The van der Waals surface area contributed by atoms with Crippen LogP contribution in [0, 0.1) is 0 Å². The number of furan rings is 3. The quantitative estimate of drug-likeness (QED) is 0.121. The Labute approximate surface area is 822 Å². The normalized spacial score (nSPS) is 12.4. The van der Waals surface area contributed by atoms with Gasteiger partial charge < -0.3 is 32.2 Å². The van der Waals surface area contributed by atoms with E-state index in [1.54, 1.807) is 0 Å². The van der Waals surface area contributed by atoms with Crippen LogP contribution < -0.4 is 9.80 Å². The number of benzene rings is 24. The Bertz CT molecular complexity index is 11200. The first-order chi connectivity index (χ1) is 70.3. The molecule has 0 unspecified atom stereocenters. The third-order valence-corrected chi connectivity index (χ3v) is 33.8. The van der Waals surface area contributed by atoms with E-state index in [0.29, 0.717) is 0 Å². The molecule has 0 amide bonds. The first kappa shape index (κ1) is 78.2. The number of anilines is 6. The number of fused-ring (bicyclic) bond motifs is 34. The van der Waals surface area contributed by atoms with Gasteiger partial charge in [-0.15, -0.1) is 34.0 Å². The van der Waals surface area contributed by atoms with Crippen molar-refractivity contribution < 1.29 is 13.3 Å². The highest BCUT2D eigenvalue weighted by Gasteiger charge is 2.27. The van der Waals surface area contributed by atoms with Crippen LogP contribution in [0.5, 0.6) is 0 Å². The van der Waals surface area contributed by atoms with Crippen molar-refractivity contribution in [3.8, 4) is 44.8 Å². The number of aromatic nitrogens is 2. The molecule has 658 valence electrons. The zero-order valence-corrected chi connectivity index (χ0v) is 78.4. The SMILES string of the molecule is c1ccc2c(c1)ccc1c3cc(N(c4ccc5c(c4)oc4ccc(-c6ccc7c8ccccc8n(-c8ccc9sc%10cc(-c%11ccc%12oc%13ccc(-n%14c%15ccccc%15c%15ccc(-c%16cccc%17sc%18ccc(N(c%19ccc%20ccc%21c%22ccccc%22ccc%21c%20c%19)c%19ccc%20sc%21ccccc%21c%20c%19)cc%18c%16%17)cc%15%14)cc%13c%12c%11)ccc%10c9c8)c7c6)cc45)c4ccc5oc6ccccc6c5c4)ccc3ccc21. The summed E-state index contributed by atoms with van der Waals surface area (Å²) < 4.78 is 32.6. The highest BCUT2D eigenvalue weighted by molar-refractivity contribution is 7.26. The molecule has 0 fully saturated rings. The highest BCUT2D eigenvalue weighted by atomic mass is 32.1. The second kappa shape index (κ2) is 29.8. The number of hydrogen-bond acceptors (Lipinski definition) is 8. The van der Waals surface area contributed by atoms with Crippen LogP contribution >= 0.6 is 34.0 Å². The first-order valence-corrected chi connectivity index (χ1v) is 50.8. The topological polar surface area (TPSA) is 55.8 Å². The molecule has 8 aromatic heterocycles. The minimum Gasteiger partial charge on any atom is -0.456 e. The molecule has 0 bridgehead atoms. The van der Waals surface area contributed by atoms with E-state index in [1.807, 2.05) is 46.1 Å². The Balaban J connectivity index is 0.464. The summed E-state index contributed by atoms with van der Waals surface area (Å²) in [6.07, 6.45) is 0. The van der Waals surface area contributed by atoms with Crippen molar-refractivity contribution in [2.75, 3.05) is 9.80 Å². The number of nitrogens with zero attached hydrogens (tertiary/aromatic N) is 4. The van der Waals surface area contributed by atoms with Crippen LogP contribution in [0.15, 0.2) is 462 Å². The lowest BCUT2D eigenvalue weighted by molar-refractivity contribution is 0.668. The molecule has 0 saturated heterocycles. The van der Waals surface area contributed by atoms with Crippen LogP contribution in [0.1, 0.15) is 0 Å². The molecule has 0 saturated carbocycles. The summed E-state index contributed by atoms with van der Waals surface area (Å²) >= 11 is 5.58. The van der Waals surface area contributed by atoms with E-state index in [2.05, 4.69) is 456 Å². The molecule has 24 aromatic carbocycles. The van der Waals surface area contributed by atoms with Gasteiger partial charge in [0, 0.05) is 166 Å². The van der Waals surface area contributed by atoms with Crippen molar-refractivity contribution in [1.29, 1.82) is 0 Å². The van der Waals surface area contributed by atoms with Crippen molar-refractivity contribution in [3.63, 3.8) is 0 Å². The van der Waals surface area contributed by atoms with Crippen LogP contribution in [0.3, 0.4) is 0 Å². The van der Waals surface area contributed by atoms with Crippen molar-refractivity contribution in [2.24, 2.45) is 0 Å². The molecule has 0 spiro atoms. The number of para-hydroxylation sites is 3. The monoisotopic (exact) mass is 1860 g/mol. The van der Waals surface area contributed by atoms with Crippen LogP contribution in [-0.2, 0) is 0 Å². The van der Waals surface area contributed by atoms with Gasteiger partial charge in [0.05, 0.1) is 22.1 Å². The van der Waals surface area contributed by atoms with Gasteiger partial charge in [-0.05, 0) is 298 Å². The van der Waals surface area contributed by atoms with Crippen molar-refractivity contribution in [2.45, 2.75) is 0 Å². The number of hydrogen-bond donors (Lipinski definition) is 0. The maximum atomic E-state index is 6.94. The second-order valence-corrected chi connectivity index (χ2v) is 41.3. The van der Waals surface area contributed by atoms with Gasteiger partial charge in [-0.2, -0.15) is 0 Å². The van der Waals surface area contributed by atoms with E-state index in [0.717, 1.165) is 161 Å². The van der Waals surface area contributed by atoms with Crippen molar-refractivity contribution in [1.82, 2.24) is 9.13 Å². The Hall–Kier alpha value is -17.9. The summed E-state index contributed by atoms with van der Waals surface area (Å²) in [4.78, 5) is 4.85. The van der Waals surface area contributed by atoms with E-state index < -0.39 is 0 Å². The lowest BCUT2D eigenvalue weighted by atomic mass is 9.96. The largest absolute Gasteiger partial charge is 0.456 e. The van der Waals surface area contributed by atoms with Gasteiger partial charge in [0.2, 0.25) is 0 Å². The molecule has 0 aliphatic carbocycles. The highest BCUT2D eigenvalue weighted by Crippen LogP contribution is 2.52. The summed E-state index contributed by atoms with van der Waals surface area (Å²) in [6.45, 7) is 0. The van der Waals surface area contributed by atoms with Gasteiger partial charge in [0.25, 0.3) is 0 Å². The Morgan fingerprint density at radius 3 is 1.15 bits per heavy atom. The van der Waals surface area contributed by atoms with E-state index in [1.165, 1.54) is 152 Å². The van der Waals surface area contributed by atoms with E-state index >= 15 is 0 Å². The Kier molecular flexibility index (Phi) is 16.4. The number of rotatable bonds is 11. The molecule has 32 aromatic rings. The average Bonchev–Trinajstić information content (AvgIpc) is 1.54. The maximum Gasteiger partial charge on any atom is 0.137 e. The molecule has 142 heavy (non-hydrogen) atoms. The van der Waals surface area contributed by atoms with Crippen LogP contribution in [0.4, 0.5) is 34.1 Å². The zero-order chi connectivity index (χ0) is 92.4. The number of thiophene rings is 3. The molecular weight excluding hydrogens is 1790 g/mol. The molecule has 0 aliphatic rings. The van der Waals surface area contributed by atoms with E-state index in [4.69, 9.17) is 13.3 Å². The standard InChI is InChI=1S/C132H74N4O3S3/c1-3-16-92-75(14-1)30-49-97-95(92)47-32-77-28-39-84(67-107(77)97)133(87-44-59-127-113(71-87)105-21-8-12-26-126(105)140-127)88-45-61-129-115(73-88)132-94(22-13-27-130(132)141-129)83-36-52-102-100-19-6-9-23-116(100)135(119(102)65-83)89-43-58-124-112(70-89)110-63-80(38-56-122(110)138-124)82-35-53-106-114-72-90(46-60-128(114)142-131(106)66-82)136-117-24-10-5-18-99(117)101-51-34-81(64-118(101)136)79-37-55-121-109(62-79)104-54-41-91(74-125(104)139-121)134(86-42-57-123-111(69-86)103-20-7-11-25-120(103)137-123)85-40-29-78-33-48-96-93-17-4-2-15-76(93)31-50-98(96)108(78)68-85/h1-74H. The summed E-state index contributed by atoms with van der Waals surface area (Å²) in [6, 6.07) is 167. The molecule has 0 aliphatic heterocycles. The molecule has 0 N–H and O–H groups in total. The van der Waals surface area contributed by atoms with Gasteiger partial charge in [-0.1, -0.05) is 243 Å². The summed E-state index contributed by atoms with van der Waals surface area (Å²) in [7, 11) is 0. The van der Waals surface area contributed by atoms with Gasteiger partial charge >= 0.3 is 0 Å². The van der Waals surface area contributed by atoms with Gasteiger partial charge in [0.15, 0.2) is 0 Å². The van der Waals surface area contributed by atoms with Crippen LogP contribution in [0.2, 0.25) is 0 Å². The fourth-order valence-electron chi connectivity index (χ4n) is 23.8. The lowest BCUT2D eigenvalue weighted by Crippen LogP contribution is -2.09. The average molecular weight is 1860 g/mol. The maximum absolute atomic E-state index is 6.94. The molecule has 8 heterocycles. The summed E-state index contributed by atoms with van der Waals surface area (Å²) in [5.74, 6) is 0. The molecule has 0 radical (unpaired) electrons. The molecule has 10 heteroatoms. The van der Waals surface area contributed by atoms with E-state index in [9.17, 15) is 0 Å². The van der Waals surface area contributed by atoms with E-state index in [-0.39, 0.29) is 0 Å². The van der Waals surface area contributed by atoms with Crippen molar-refractivity contribution >= 4 is 303 Å². The smallest absolute Gasteiger partial charge is 0.137 e. The van der Waals surface area contributed by atoms with Crippen molar-refractivity contribution in [3.05, 3.63) is 449 Å². The minimum absolute atomic E-state index is 0.813. The first-order valence-electron chi connectivity index (χ1n) is 48.3. The van der Waals surface area contributed by atoms with Crippen LogP contribution in [-0.4, -0.2) is 9.13 Å². The van der Waals surface area contributed by atoms with Gasteiger partial charge in [-0.25, -0.2) is 0 Å². The zero-order valence-electron chi connectivity index (χ0n) is 76.0. The molecular formula is C132H74N4O3S3. The molecule has 0 atom stereocenters. The summed E-state index contributed by atoms with van der Waals surface area (Å²) in [5.41, 5.74) is 25.1. The molecule has 7 nitrogen and oxygen atoms in total. The third-order valence-electron chi connectivity index (χ3n) is 30.4. The minimum atomic E-state index is 0.813. The lowest BCUT2D eigenvalue weighted by Gasteiger charge is -2.26. The van der Waals surface area contributed by atoms with Gasteiger partial charge in [-0.3, -0.25) is 0 Å². The third kappa shape index (κ3) is 11.7. The Morgan fingerprint density at radius 2 is 0.500 bits per heavy atom. The second-order valence-electron chi connectivity index (χ2n) is 38.0. The molecule has 32 rings (SSSR count). The summed E-state index contributed by atoms with van der Waals surface area (Å²) in [5, 5.41) is 33.5. The fraction of sp³-hybridized carbons (Fsp3) is 0. The predicted octanol–water partition coefficient (Wildman–Crippen LogP) is 39.5.